The van der Waals surface area contributed by atoms with Gasteiger partial charge < -0.3 is 9.88 Å². The van der Waals surface area contributed by atoms with Gasteiger partial charge in [0.2, 0.25) is 0 Å². The Morgan fingerprint density at radius 3 is 3.00 bits per heavy atom. The first kappa shape index (κ1) is 12.6. The summed E-state index contributed by atoms with van der Waals surface area (Å²) in [5, 5.41) is 3.52. The van der Waals surface area contributed by atoms with Gasteiger partial charge in [0.1, 0.15) is 0 Å². The number of aromatic nitrogens is 2. The zero-order valence-corrected chi connectivity index (χ0v) is 10.5. The molecule has 0 amide bonds. The van der Waals surface area contributed by atoms with Crippen LogP contribution in [0.1, 0.15) is 19.8 Å². The van der Waals surface area contributed by atoms with Gasteiger partial charge in [-0.2, -0.15) is 11.8 Å². The molecular formula is C11H21N3S. The molecule has 0 fully saturated rings. The molecule has 0 spiro atoms. The maximum Gasteiger partial charge on any atom is 0.0946 e. The molecule has 0 radical (unpaired) electrons. The van der Waals surface area contributed by atoms with Gasteiger partial charge in [-0.15, -0.1) is 0 Å². The molecule has 0 aromatic carbocycles. The minimum absolute atomic E-state index is 0.522. The number of hydrogen-bond donors (Lipinski definition) is 1. The first-order valence-electron chi connectivity index (χ1n) is 5.51. The number of rotatable bonds is 8. The quantitative estimate of drug-likeness (QED) is 0.689. The van der Waals surface area contributed by atoms with Crippen LogP contribution in [0.4, 0.5) is 0 Å². The average Bonchev–Trinajstić information content (AvgIpc) is 2.70. The van der Waals surface area contributed by atoms with E-state index in [1.807, 2.05) is 30.5 Å². The van der Waals surface area contributed by atoms with Gasteiger partial charge in [0.15, 0.2) is 0 Å². The lowest BCUT2D eigenvalue weighted by Crippen LogP contribution is -2.30. The van der Waals surface area contributed by atoms with Crippen molar-refractivity contribution in [3.05, 3.63) is 18.7 Å². The molecule has 3 nitrogen and oxygen atoms in total. The average molecular weight is 227 g/mol. The van der Waals surface area contributed by atoms with Crippen molar-refractivity contribution in [2.45, 2.75) is 32.4 Å². The Balaban J connectivity index is 2.01. The minimum atomic E-state index is 0.522. The van der Waals surface area contributed by atoms with Crippen molar-refractivity contribution in [3.63, 3.8) is 0 Å². The van der Waals surface area contributed by atoms with Crippen LogP contribution in [0.25, 0.3) is 0 Å². The molecule has 1 aromatic heterocycles. The highest BCUT2D eigenvalue weighted by molar-refractivity contribution is 7.98. The Bertz CT molecular complexity index is 236. The summed E-state index contributed by atoms with van der Waals surface area (Å²) >= 11 is 1.92. The molecule has 1 heterocycles. The molecule has 1 unspecified atom stereocenters. The minimum Gasteiger partial charge on any atom is -0.336 e. The fourth-order valence-electron chi connectivity index (χ4n) is 1.50. The monoisotopic (exact) mass is 227 g/mol. The van der Waals surface area contributed by atoms with Gasteiger partial charge in [0.05, 0.1) is 6.33 Å². The van der Waals surface area contributed by atoms with Crippen molar-refractivity contribution in [2.24, 2.45) is 0 Å². The Labute approximate surface area is 96.7 Å². The van der Waals surface area contributed by atoms with Gasteiger partial charge in [-0.1, -0.05) is 0 Å². The van der Waals surface area contributed by atoms with Crippen LogP contribution in [0.15, 0.2) is 18.7 Å². The SMILES string of the molecule is CSCCCCNC(C)Cn1ccnc1. The van der Waals surface area contributed by atoms with Crippen LogP contribution in [0.5, 0.6) is 0 Å². The van der Waals surface area contributed by atoms with E-state index in [4.69, 9.17) is 0 Å². The highest BCUT2D eigenvalue weighted by Crippen LogP contribution is 1.98. The van der Waals surface area contributed by atoms with Crippen molar-refractivity contribution >= 4 is 11.8 Å². The van der Waals surface area contributed by atoms with Crippen LogP contribution in [-0.4, -0.2) is 34.1 Å². The number of hydrogen-bond acceptors (Lipinski definition) is 3. The van der Waals surface area contributed by atoms with Crippen LogP contribution >= 0.6 is 11.8 Å². The Hall–Kier alpha value is -0.480. The number of nitrogens with zero attached hydrogens (tertiary/aromatic N) is 2. The summed E-state index contributed by atoms with van der Waals surface area (Å²) in [7, 11) is 0. The van der Waals surface area contributed by atoms with Crippen molar-refractivity contribution in [2.75, 3.05) is 18.6 Å². The smallest absolute Gasteiger partial charge is 0.0946 e. The molecule has 15 heavy (non-hydrogen) atoms. The number of nitrogens with one attached hydrogen (secondary N) is 1. The van der Waals surface area contributed by atoms with Gasteiger partial charge in [-0.05, 0) is 38.3 Å². The fourth-order valence-corrected chi connectivity index (χ4v) is 1.99. The zero-order chi connectivity index (χ0) is 10.9. The molecule has 0 aliphatic heterocycles. The summed E-state index contributed by atoms with van der Waals surface area (Å²) in [6.07, 6.45) is 10.4. The van der Waals surface area contributed by atoms with E-state index >= 15 is 0 Å². The van der Waals surface area contributed by atoms with Crippen LogP contribution in [0.2, 0.25) is 0 Å². The summed E-state index contributed by atoms with van der Waals surface area (Å²) in [4.78, 5) is 4.03. The topological polar surface area (TPSA) is 29.9 Å². The predicted octanol–water partition coefficient (Wildman–Crippen LogP) is 2.00. The van der Waals surface area contributed by atoms with Crippen molar-refractivity contribution in [1.82, 2.24) is 14.9 Å². The molecule has 1 aromatic rings. The van der Waals surface area contributed by atoms with E-state index in [-0.39, 0.29) is 0 Å². The van der Waals surface area contributed by atoms with Gasteiger partial charge in [-0.25, -0.2) is 4.98 Å². The maximum absolute atomic E-state index is 4.03. The molecule has 0 bridgehead atoms. The summed E-state index contributed by atoms with van der Waals surface area (Å²) in [6.45, 7) is 4.34. The van der Waals surface area contributed by atoms with Crippen LogP contribution in [0.3, 0.4) is 0 Å². The lowest BCUT2D eigenvalue weighted by atomic mass is 10.3. The van der Waals surface area contributed by atoms with Gasteiger partial charge in [0.25, 0.3) is 0 Å². The Morgan fingerprint density at radius 2 is 2.33 bits per heavy atom. The zero-order valence-electron chi connectivity index (χ0n) is 9.65. The Morgan fingerprint density at radius 1 is 1.47 bits per heavy atom. The van der Waals surface area contributed by atoms with Crippen LogP contribution in [-0.2, 0) is 6.54 Å². The van der Waals surface area contributed by atoms with E-state index in [9.17, 15) is 0 Å². The van der Waals surface area contributed by atoms with Gasteiger partial charge >= 0.3 is 0 Å². The molecule has 1 N–H and O–H groups in total. The largest absolute Gasteiger partial charge is 0.336 e. The third-order valence-corrected chi connectivity index (χ3v) is 3.01. The summed E-state index contributed by atoms with van der Waals surface area (Å²) in [5.41, 5.74) is 0. The molecule has 1 rings (SSSR count). The summed E-state index contributed by atoms with van der Waals surface area (Å²) in [5.74, 6) is 1.28. The van der Waals surface area contributed by atoms with E-state index in [2.05, 4.69) is 28.0 Å². The van der Waals surface area contributed by atoms with Gasteiger partial charge in [0, 0.05) is 25.0 Å². The van der Waals surface area contributed by atoms with Crippen molar-refractivity contribution in [1.29, 1.82) is 0 Å². The highest BCUT2D eigenvalue weighted by atomic mass is 32.2. The van der Waals surface area contributed by atoms with E-state index < -0.39 is 0 Å². The van der Waals surface area contributed by atoms with E-state index in [1.54, 1.807) is 0 Å². The molecule has 0 aliphatic carbocycles. The molecule has 86 valence electrons. The summed E-state index contributed by atoms with van der Waals surface area (Å²) < 4.78 is 2.11. The van der Waals surface area contributed by atoms with E-state index in [0.717, 1.165) is 13.1 Å². The summed E-state index contributed by atoms with van der Waals surface area (Å²) in [6, 6.07) is 0.522. The predicted molar refractivity (Wildman–Crippen MR) is 67.3 cm³/mol. The third-order valence-electron chi connectivity index (χ3n) is 2.31. The van der Waals surface area contributed by atoms with Crippen LogP contribution < -0.4 is 5.32 Å². The standard InChI is InChI=1S/C11H21N3S/c1-11(9-14-7-6-12-10-14)13-5-3-4-8-15-2/h6-7,10-11,13H,3-5,8-9H2,1-2H3. The van der Waals surface area contributed by atoms with Crippen molar-refractivity contribution < 1.29 is 0 Å². The van der Waals surface area contributed by atoms with Crippen LogP contribution in [0, 0.1) is 0 Å². The normalized spacial score (nSPS) is 12.9. The maximum atomic E-state index is 4.03. The Kier molecular flexibility index (Phi) is 6.52. The van der Waals surface area contributed by atoms with E-state index in [0.29, 0.717) is 6.04 Å². The first-order valence-corrected chi connectivity index (χ1v) is 6.90. The van der Waals surface area contributed by atoms with Gasteiger partial charge in [-0.3, -0.25) is 0 Å². The number of imidazole rings is 1. The first-order chi connectivity index (χ1) is 7.33. The lowest BCUT2D eigenvalue weighted by molar-refractivity contribution is 0.471. The second-order valence-electron chi connectivity index (χ2n) is 3.81. The fraction of sp³-hybridized carbons (Fsp3) is 0.727. The number of thioether (sulfide) groups is 1. The molecule has 0 aliphatic rings. The highest BCUT2D eigenvalue weighted by Gasteiger charge is 2.00. The lowest BCUT2D eigenvalue weighted by Gasteiger charge is -2.13. The second kappa shape index (κ2) is 7.77. The molecule has 0 saturated carbocycles. The molecule has 1 atom stereocenters. The molecular weight excluding hydrogens is 206 g/mol. The molecule has 0 saturated heterocycles. The van der Waals surface area contributed by atoms with E-state index in [1.165, 1.54) is 18.6 Å². The van der Waals surface area contributed by atoms with Crippen molar-refractivity contribution in [3.8, 4) is 0 Å². The third kappa shape index (κ3) is 5.85. The molecule has 4 heteroatoms. The second-order valence-corrected chi connectivity index (χ2v) is 4.80. The number of unbranched alkanes of at least 4 members (excludes halogenated alkanes) is 1.